The van der Waals surface area contributed by atoms with Crippen LogP contribution in [0.5, 0.6) is 0 Å². The molecule has 3 aromatic rings. The van der Waals surface area contributed by atoms with Crippen LogP contribution in [0, 0.1) is 32.5 Å². The third-order valence-corrected chi connectivity index (χ3v) is 8.96. The fraction of sp³-hybridized carbons (Fsp3) is 0.541. The van der Waals surface area contributed by atoms with E-state index in [0.717, 1.165) is 33.5 Å². The van der Waals surface area contributed by atoms with Crippen molar-refractivity contribution in [3.63, 3.8) is 0 Å². The zero-order chi connectivity index (χ0) is 33.9. The highest BCUT2D eigenvalue weighted by Crippen LogP contribution is 2.34. The topological polar surface area (TPSA) is 87.5 Å². The molecule has 0 amide bonds. The number of hydrogen-bond donors (Lipinski definition) is 2. The molecule has 1 saturated heterocycles. The highest BCUT2D eigenvalue weighted by Gasteiger charge is 2.38. The lowest BCUT2D eigenvalue weighted by molar-refractivity contribution is -0.137. The Morgan fingerprint density at radius 2 is 1.74 bits per heavy atom. The molecule has 46 heavy (non-hydrogen) atoms. The second-order valence-electron chi connectivity index (χ2n) is 14.2. The van der Waals surface area contributed by atoms with E-state index in [1.807, 2.05) is 58.2 Å². The Bertz CT molecular complexity index is 1590. The van der Waals surface area contributed by atoms with E-state index < -0.39 is 23.5 Å². The summed E-state index contributed by atoms with van der Waals surface area (Å²) in [6, 6.07) is 8.40. The maximum Gasteiger partial charge on any atom is 0.348 e. The van der Waals surface area contributed by atoms with E-state index >= 15 is 4.39 Å². The lowest BCUT2D eigenvalue weighted by Gasteiger charge is -2.42. The Kier molecular flexibility index (Phi) is 11.2. The van der Waals surface area contributed by atoms with E-state index in [4.69, 9.17) is 0 Å². The van der Waals surface area contributed by atoms with Gasteiger partial charge in [-0.1, -0.05) is 45.9 Å². The Balaban J connectivity index is 1.68. The normalized spacial score (nSPS) is 16.1. The minimum atomic E-state index is -1.16. The molecule has 0 radical (unpaired) electrons. The van der Waals surface area contributed by atoms with Crippen molar-refractivity contribution in [2.24, 2.45) is 5.92 Å². The third kappa shape index (κ3) is 8.48. The number of halogens is 2. The summed E-state index contributed by atoms with van der Waals surface area (Å²) in [4.78, 5) is 32.1. The number of likely N-dealkylation sites (tertiary alicyclic amines) is 1. The van der Waals surface area contributed by atoms with E-state index in [1.54, 1.807) is 24.5 Å². The van der Waals surface area contributed by atoms with Gasteiger partial charge >= 0.3 is 11.7 Å². The van der Waals surface area contributed by atoms with E-state index in [-0.39, 0.29) is 36.5 Å². The number of alkyl halides is 1. The number of nitrogens with one attached hydrogen (secondary N) is 1. The van der Waals surface area contributed by atoms with Gasteiger partial charge in [0.25, 0.3) is 0 Å². The number of aryl methyl sites for hydroxylation is 3. The Morgan fingerprint density at radius 1 is 1.09 bits per heavy atom. The number of hydrogen-bond acceptors (Lipinski definition) is 5. The van der Waals surface area contributed by atoms with Gasteiger partial charge in [-0.15, -0.1) is 0 Å². The number of rotatable bonds is 14. The average molecular weight is 637 g/mol. The van der Waals surface area contributed by atoms with Crippen LogP contribution in [-0.4, -0.2) is 57.4 Å². The fourth-order valence-electron chi connectivity index (χ4n) is 6.85. The van der Waals surface area contributed by atoms with Crippen molar-refractivity contribution >= 4 is 5.97 Å². The molecule has 2 N–H and O–H groups in total. The summed E-state index contributed by atoms with van der Waals surface area (Å²) in [7, 11) is 0. The molecule has 7 nitrogen and oxygen atoms in total. The molecule has 0 spiro atoms. The van der Waals surface area contributed by atoms with E-state index in [0.29, 0.717) is 43.6 Å². The number of aliphatic carboxylic acids is 1. The van der Waals surface area contributed by atoms with E-state index in [9.17, 15) is 19.1 Å². The highest BCUT2D eigenvalue weighted by molar-refractivity contribution is 5.73. The predicted molar refractivity (Wildman–Crippen MR) is 180 cm³/mol. The molecule has 1 aliphatic heterocycles. The summed E-state index contributed by atoms with van der Waals surface area (Å²) in [6.07, 6.45) is 2.82. The lowest BCUT2D eigenvalue weighted by atomic mass is 9.90. The number of nitrogens with zero attached hydrogens (tertiary/aromatic N) is 3. The van der Waals surface area contributed by atoms with Crippen molar-refractivity contribution in [3.8, 4) is 11.1 Å². The standard InChI is InChI=1S/C37H50F2N4O3/c1-22(2)14-29(43-19-27(35(23(3)4)41-36(43)46)12-13-42-20-37(8,39)21-42)18-40-31(17-32(44)45)30-16-28(15-26(7)34(30)38)33-24(5)10-9-11-25(33)6/h9-11,15-16,19,22-23,29,31,40H,12-14,17-18,20-21H2,1-8H3,(H,44,45)/t29-,31-/m0/s1. The highest BCUT2D eigenvalue weighted by atomic mass is 19.1. The van der Waals surface area contributed by atoms with E-state index in [1.165, 1.54) is 0 Å². The van der Waals surface area contributed by atoms with Gasteiger partial charge in [-0.2, -0.15) is 4.98 Å². The molecule has 2 heterocycles. The Hall–Kier alpha value is -3.43. The number of carboxylic acid groups (broad SMARTS) is 1. The summed E-state index contributed by atoms with van der Waals surface area (Å²) in [5.74, 6) is -1.23. The van der Waals surface area contributed by atoms with Crippen molar-refractivity contribution in [2.45, 2.75) is 98.3 Å². The van der Waals surface area contributed by atoms with Gasteiger partial charge in [0.15, 0.2) is 0 Å². The first-order valence-electron chi connectivity index (χ1n) is 16.4. The first-order valence-corrected chi connectivity index (χ1v) is 16.4. The molecule has 9 heteroatoms. The van der Waals surface area contributed by atoms with Crippen LogP contribution in [0.4, 0.5) is 8.78 Å². The molecule has 0 unspecified atom stereocenters. The summed E-state index contributed by atoms with van der Waals surface area (Å²) in [6.45, 7) is 17.2. The summed E-state index contributed by atoms with van der Waals surface area (Å²) in [5, 5.41) is 13.2. The smallest absolute Gasteiger partial charge is 0.348 e. The maximum absolute atomic E-state index is 15.8. The SMILES string of the molecule is Cc1cc(-c2c(C)cccc2C)cc([C@H](CC(=O)O)NC[C@H](CC(C)C)n2cc(CCN3CC(C)(F)C3)c(C(C)C)nc2=O)c1F. The van der Waals surface area contributed by atoms with Crippen molar-refractivity contribution in [1.82, 2.24) is 19.8 Å². The van der Waals surface area contributed by atoms with Crippen LogP contribution >= 0.6 is 0 Å². The van der Waals surface area contributed by atoms with Crippen molar-refractivity contribution in [2.75, 3.05) is 26.2 Å². The van der Waals surface area contributed by atoms with Crippen LogP contribution in [-0.2, 0) is 11.2 Å². The second-order valence-corrected chi connectivity index (χ2v) is 14.2. The lowest BCUT2D eigenvalue weighted by Crippen LogP contribution is -2.57. The van der Waals surface area contributed by atoms with Crippen LogP contribution in [0.25, 0.3) is 11.1 Å². The molecule has 1 aromatic heterocycles. The summed E-state index contributed by atoms with van der Waals surface area (Å²) >= 11 is 0. The molecule has 250 valence electrons. The second kappa shape index (κ2) is 14.6. The van der Waals surface area contributed by atoms with Crippen LogP contribution in [0.2, 0.25) is 0 Å². The van der Waals surface area contributed by atoms with Gasteiger partial charge in [-0.25, -0.2) is 13.6 Å². The average Bonchev–Trinajstić information content (AvgIpc) is 2.93. The van der Waals surface area contributed by atoms with Crippen LogP contribution < -0.4 is 11.0 Å². The zero-order valence-electron chi connectivity index (χ0n) is 28.6. The number of benzene rings is 2. The van der Waals surface area contributed by atoms with Gasteiger partial charge in [-0.05, 0) is 97.9 Å². The van der Waals surface area contributed by atoms with Crippen molar-refractivity contribution < 1.29 is 18.7 Å². The van der Waals surface area contributed by atoms with Gasteiger partial charge < -0.3 is 10.4 Å². The fourth-order valence-corrected chi connectivity index (χ4v) is 6.85. The molecule has 4 rings (SSSR count). The first-order chi connectivity index (χ1) is 21.6. The zero-order valence-corrected chi connectivity index (χ0v) is 28.6. The summed E-state index contributed by atoms with van der Waals surface area (Å²) in [5.41, 5.74) is 4.84. The molecule has 2 aromatic carbocycles. The Labute approximate surface area is 272 Å². The van der Waals surface area contributed by atoms with Crippen molar-refractivity contribution in [3.05, 3.63) is 86.3 Å². The minimum absolute atomic E-state index is 0.0391. The first kappa shape index (κ1) is 35.4. The molecular weight excluding hydrogens is 586 g/mol. The maximum atomic E-state index is 15.8. The molecular formula is C37H50F2N4O3. The minimum Gasteiger partial charge on any atom is -0.481 e. The Morgan fingerprint density at radius 3 is 2.30 bits per heavy atom. The quantitative estimate of drug-likeness (QED) is 0.197. The number of carboxylic acids is 1. The van der Waals surface area contributed by atoms with E-state index in [2.05, 4.69) is 29.0 Å². The van der Waals surface area contributed by atoms with Gasteiger partial charge in [0.2, 0.25) is 0 Å². The van der Waals surface area contributed by atoms with Crippen LogP contribution in [0.3, 0.4) is 0 Å². The third-order valence-electron chi connectivity index (χ3n) is 8.96. The van der Waals surface area contributed by atoms with Crippen LogP contribution in [0.15, 0.2) is 41.3 Å². The molecule has 1 fully saturated rings. The molecule has 0 bridgehead atoms. The predicted octanol–water partition coefficient (Wildman–Crippen LogP) is 7.08. The number of carbonyl (C=O) groups is 1. The molecule has 1 aliphatic rings. The van der Waals surface area contributed by atoms with Gasteiger partial charge in [-0.3, -0.25) is 14.3 Å². The molecule has 2 atom stereocenters. The van der Waals surface area contributed by atoms with Gasteiger partial charge in [0.1, 0.15) is 11.5 Å². The molecule has 0 aliphatic carbocycles. The van der Waals surface area contributed by atoms with Crippen LogP contribution in [0.1, 0.15) is 99.0 Å². The van der Waals surface area contributed by atoms with Gasteiger partial charge in [0.05, 0.1) is 18.2 Å². The summed E-state index contributed by atoms with van der Waals surface area (Å²) < 4.78 is 31.6. The number of aromatic nitrogens is 2. The monoisotopic (exact) mass is 636 g/mol. The molecule has 0 saturated carbocycles. The largest absolute Gasteiger partial charge is 0.481 e. The van der Waals surface area contributed by atoms with Crippen molar-refractivity contribution in [1.29, 1.82) is 0 Å². The van der Waals surface area contributed by atoms with Gasteiger partial charge in [0, 0.05) is 44.0 Å².